The third-order valence-corrected chi connectivity index (χ3v) is 3.32. The standard InChI is InChI=1S/C12H15N5O/c13-11-7-9(15-16-11)12(18)17-6-2-4-10(17)8-3-1-5-14-8/h1,3,5,7,10,14H,2,4,6H2,(H3,13,15,16). The first-order chi connectivity index (χ1) is 8.75. The lowest BCUT2D eigenvalue weighted by Gasteiger charge is -2.23. The molecule has 1 fully saturated rings. The fraction of sp³-hybridized carbons (Fsp3) is 0.333. The molecule has 2 aromatic heterocycles. The second-order valence-corrected chi connectivity index (χ2v) is 4.49. The molecule has 3 rings (SSSR count). The highest BCUT2D eigenvalue weighted by Gasteiger charge is 2.31. The van der Waals surface area contributed by atoms with Crippen LogP contribution in [0.3, 0.4) is 0 Å². The molecule has 1 aliphatic heterocycles. The molecule has 94 valence electrons. The van der Waals surface area contributed by atoms with Gasteiger partial charge in [0.05, 0.1) is 6.04 Å². The molecule has 1 atom stereocenters. The second kappa shape index (κ2) is 4.21. The Balaban J connectivity index is 1.85. The number of hydrogen-bond donors (Lipinski definition) is 3. The highest BCUT2D eigenvalue weighted by molar-refractivity contribution is 5.93. The first-order valence-corrected chi connectivity index (χ1v) is 6.01. The molecule has 0 bridgehead atoms. The van der Waals surface area contributed by atoms with Crippen LogP contribution in [-0.4, -0.2) is 32.5 Å². The number of hydrogen-bond acceptors (Lipinski definition) is 3. The highest BCUT2D eigenvalue weighted by Crippen LogP contribution is 2.31. The minimum absolute atomic E-state index is 0.0451. The summed E-state index contributed by atoms with van der Waals surface area (Å²) in [7, 11) is 0. The van der Waals surface area contributed by atoms with Gasteiger partial charge in [-0.25, -0.2) is 0 Å². The van der Waals surface area contributed by atoms with Crippen molar-refractivity contribution in [3.8, 4) is 0 Å². The normalized spacial score (nSPS) is 19.3. The van der Waals surface area contributed by atoms with Crippen LogP contribution >= 0.6 is 0 Å². The molecule has 1 unspecified atom stereocenters. The van der Waals surface area contributed by atoms with Crippen molar-refractivity contribution in [2.24, 2.45) is 0 Å². The summed E-state index contributed by atoms with van der Waals surface area (Å²) < 4.78 is 0. The number of anilines is 1. The minimum atomic E-state index is -0.0451. The molecule has 1 aliphatic rings. The zero-order valence-electron chi connectivity index (χ0n) is 9.89. The van der Waals surface area contributed by atoms with Gasteiger partial charge in [-0.1, -0.05) is 0 Å². The van der Waals surface area contributed by atoms with E-state index in [-0.39, 0.29) is 11.9 Å². The summed E-state index contributed by atoms with van der Waals surface area (Å²) in [5.74, 6) is 0.297. The fourth-order valence-electron chi connectivity index (χ4n) is 2.49. The van der Waals surface area contributed by atoms with E-state index in [1.165, 1.54) is 0 Å². The predicted molar refractivity (Wildman–Crippen MR) is 66.8 cm³/mol. The topological polar surface area (TPSA) is 90.8 Å². The number of aromatic nitrogens is 3. The molecule has 1 amide bonds. The van der Waals surface area contributed by atoms with Crippen molar-refractivity contribution >= 4 is 11.7 Å². The molecule has 4 N–H and O–H groups in total. The van der Waals surface area contributed by atoms with Crippen molar-refractivity contribution in [3.05, 3.63) is 35.8 Å². The maximum atomic E-state index is 12.4. The second-order valence-electron chi connectivity index (χ2n) is 4.49. The molecule has 0 saturated carbocycles. The van der Waals surface area contributed by atoms with Gasteiger partial charge in [0.1, 0.15) is 11.5 Å². The number of likely N-dealkylation sites (tertiary alicyclic amines) is 1. The van der Waals surface area contributed by atoms with Crippen molar-refractivity contribution in [2.45, 2.75) is 18.9 Å². The molecule has 0 aromatic carbocycles. The maximum absolute atomic E-state index is 12.4. The van der Waals surface area contributed by atoms with E-state index in [0.29, 0.717) is 11.5 Å². The average Bonchev–Trinajstić information content (AvgIpc) is 3.08. The number of H-pyrrole nitrogens is 2. The Bertz CT molecular complexity index is 545. The van der Waals surface area contributed by atoms with E-state index in [2.05, 4.69) is 15.2 Å². The number of nitrogen functional groups attached to an aromatic ring is 1. The predicted octanol–water partition coefficient (Wildman–Crippen LogP) is 1.30. The van der Waals surface area contributed by atoms with Crippen LogP contribution in [0.25, 0.3) is 0 Å². The first-order valence-electron chi connectivity index (χ1n) is 6.01. The van der Waals surface area contributed by atoms with Crippen LogP contribution in [0.2, 0.25) is 0 Å². The summed E-state index contributed by atoms with van der Waals surface area (Å²) >= 11 is 0. The summed E-state index contributed by atoms with van der Waals surface area (Å²) in [6.45, 7) is 0.765. The molecule has 18 heavy (non-hydrogen) atoms. The van der Waals surface area contributed by atoms with Crippen molar-refractivity contribution in [2.75, 3.05) is 12.3 Å². The number of carbonyl (C=O) groups excluding carboxylic acids is 1. The van der Waals surface area contributed by atoms with Gasteiger partial charge < -0.3 is 15.6 Å². The third-order valence-electron chi connectivity index (χ3n) is 3.32. The lowest BCUT2D eigenvalue weighted by molar-refractivity contribution is 0.0727. The molecule has 0 spiro atoms. The third kappa shape index (κ3) is 1.75. The lowest BCUT2D eigenvalue weighted by atomic mass is 10.1. The zero-order chi connectivity index (χ0) is 12.5. The Morgan fingerprint density at radius 1 is 1.56 bits per heavy atom. The monoisotopic (exact) mass is 245 g/mol. The maximum Gasteiger partial charge on any atom is 0.272 e. The Hall–Kier alpha value is -2.24. The fourth-order valence-corrected chi connectivity index (χ4v) is 2.49. The van der Waals surface area contributed by atoms with E-state index >= 15 is 0 Å². The summed E-state index contributed by atoms with van der Waals surface area (Å²) in [6.07, 6.45) is 3.87. The molecule has 3 heterocycles. The molecule has 2 aromatic rings. The number of nitrogens with zero attached hydrogens (tertiary/aromatic N) is 2. The Morgan fingerprint density at radius 2 is 2.44 bits per heavy atom. The van der Waals surface area contributed by atoms with Crippen LogP contribution in [0, 0.1) is 0 Å². The van der Waals surface area contributed by atoms with Crippen LogP contribution in [0.5, 0.6) is 0 Å². The van der Waals surface area contributed by atoms with Gasteiger partial charge in [0.2, 0.25) is 0 Å². The number of rotatable bonds is 2. The Kier molecular flexibility index (Phi) is 2.55. The molecular formula is C12H15N5O. The number of aromatic amines is 2. The number of amides is 1. The van der Waals surface area contributed by atoms with Crippen molar-refractivity contribution < 1.29 is 4.79 Å². The molecule has 0 radical (unpaired) electrons. The minimum Gasteiger partial charge on any atom is -0.382 e. The Morgan fingerprint density at radius 3 is 3.11 bits per heavy atom. The molecular weight excluding hydrogens is 230 g/mol. The average molecular weight is 245 g/mol. The lowest BCUT2D eigenvalue weighted by Crippen LogP contribution is -2.31. The molecule has 6 nitrogen and oxygen atoms in total. The van der Waals surface area contributed by atoms with Gasteiger partial charge in [-0.2, -0.15) is 5.10 Å². The van der Waals surface area contributed by atoms with E-state index in [1.807, 2.05) is 23.2 Å². The van der Waals surface area contributed by atoms with Gasteiger partial charge in [-0.15, -0.1) is 0 Å². The first kappa shape index (κ1) is 10.9. The molecule has 1 saturated heterocycles. The van der Waals surface area contributed by atoms with Gasteiger partial charge in [0, 0.05) is 24.5 Å². The number of carbonyl (C=O) groups is 1. The number of nitrogens with one attached hydrogen (secondary N) is 2. The summed E-state index contributed by atoms with van der Waals surface area (Å²) in [6, 6.07) is 5.66. The summed E-state index contributed by atoms with van der Waals surface area (Å²) in [5, 5.41) is 6.47. The van der Waals surface area contributed by atoms with Crippen LogP contribution < -0.4 is 5.73 Å². The van der Waals surface area contributed by atoms with E-state index < -0.39 is 0 Å². The van der Waals surface area contributed by atoms with Crippen LogP contribution in [0.15, 0.2) is 24.4 Å². The molecule has 6 heteroatoms. The van der Waals surface area contributed by atoms with Gasteiger partial charge in [-0.3, -0.25) is 9.89 Å². The van der Waals surface area contributed by atoms with Crippen molar-refractivity contribution in [1.82, 2.24) is 20.1 Å². The van der Waals surface area contributed by atoms with Crippen LogP contribution in [0.1, 0.15) is 35.1 Å². The zero-order valence-corrected chi connectivity index (χ0v) is 9.89. The van der Waals surface area contributed by atoms with Gasteiger partial charge in [0.25, 0.3) is 5.91 Å². The number of nitrogens with two attached hydrogens (primary N) is 1. The SMILES string of the molecule is Nc1cc(C(=O)N2CCCC2c2ccc[nH]2)[nH]n1. The van der Waals surface area contributed by atoms with Gasteiger partial charge >= 0.3 is 0 Å². The highest BCUT2D eigenvalue weighted by atomic mass is 16.2. The summed E-state index contributed by atoms with van der Waals surface area (Å²) in [5.41, 5.74) is 7.05. The van der Waals surface area contributed by atoms with Gasteiger partial charge in [0.15, 0.2) is 0 Å². The van der Waals surface area contributed by atoms with E-state index in [4.69, 9.17) is 5.73 Å². The van der Waals surface area contributed by atoms with Crippen molar-refractivity contribution in [3.63, 3.8) is 0 Å². The van der Waals surface area contributed by atoms with E-state index in [9.17, 15) is 4.79 Å². The summed E-state index contributed by atoms with van der Waals surface area (Å²) in [4.78, 5) is 17.4. The largest absolute Gasteiger partial charge is 0.382 e. The Labute approximate surface area is 104 Å². The van der Waals surface area contributed by atoms with E-state index in [1.54, 1.807) is 6.07 Å². The van der Waals surface area contributed by atoms with Crippen LogP contribution in [0.4, 0.5) is 5.82 Å². The molecule has 0 aliphatic carbocycles. The van der Waals surface area contributed by atoms with E-state index in [0.717, 1.165) is 25.1 Å². The smallest absolute Gasteiger partial charge is 0.272 e. The van der Waals surface area contributed by atoms with Crippen molar-refractivity contribution in [1.29, 1.82) is 0 Å². The van der Waals surface area contributed by atoms with Gasteiger partial charge in [-0.05, 0) is 25.0 Å². The van der Waals surface area contributed by atoms with Crippen LogP contribution in [-0.2, 0) is 0 Å². The quantitative estimate of drug-likeness (QED) is 0.744.